The summed E-state index contributed by atoms with van der Waals surface area (Å²) >= 11 is 0. The molecular weight excluding hydrogens is 394 g/mol. The predicted octanol–water partition coefficient (Wildman–Crippen LogP) is 2.90. The molecule has 0 aliphatic heterocycles. The van der Waals surface area contributed by atoms with Crippen molar-refractivity contribution in [3.8, 4) is 11.4 Å². The molecule has 0 bridgehead atoms. The lowest BCUT2D eigenvalue weighted by Gasteiger charge is -2.11. The molecule has 154 valence electrons. The number of benzene rings is 2. The predicted molar refractivity (Wildman–Crippen MR) is 118 cm³/mol. The smallest absolute Gasteiger partial charge is 0.275 e. The Morgan fingerprint density at radius 3 is 2.52 bits per heavy atom. The van der Waals surface area contributed by atoms with E-state index in [2.05, 4.69) is 26.8 Å². The normalized spacial score (nSPS) is 10.6. The van der Waals surface area contributed by atoms with Crippen molar-refractivity contribution < 1.29 is 9.53 Å². The summed E-state index contributed by atoms with van der Waals surface area (Å²) in [6, 6.07) is 14.5. The number of hydrogen-bond acceptors (Lipinski definition) is 6. The van der Waals surface area contributed by atoms with Crippen LogP contribution in [0.15, 0.2) is 78.4 Å². The zero-order valence-corrected chi connectivity index (χ0v) is 16.8. The monoisotopic (exact) mass is 413 g/mol. The molecule has 31 heavy (non-hydrogen) atoms. The topological polar surface area (TPSA) is 99.0 Å². The number of amides is 1. The number of anilines is 1. The number of rotatable bonds is 6. The highest BCUT2D eigenvalue weighted by Gasteiger charge is 2.11. The molecule has 0 saturated carbocycles. The minimum atomic E-state index is -0.315. The van der Waals surface area contributed by atoms with Crippen molar-refractivity contribution in [2.75, 3.05) is 12.4 Å². The molecule has 2 aromatic heterocycles. The van der Waals surface area contributed by atoms with E-state index in [1.165, 1.54) is 16.8 Å². The molecule has 4 aromatic rings. The molecule has 0 aliphatic carbocycles. The van der Waals surface area contributed by atoms with E-state index < -0.39 is 0 Å². The summed E-state index contributed by atoms with van der Waals surface area (Å²) in [6.07, 6.45) is 4.53. The highest BCUT2D eigenvalue weighted by Crippen LogP contribution is 2.17. The SMILES string of the molecule is C=CC(=O)Nc1ccc(-n2c(=O)cnc3cnc(Cc4ccc(OC)cc4)nc32)cc1. The summed E-state index contributed by atoms with van der Waals surface area (Å²) < 4.78 is 6.66. The van der Waals surface area contributed by atoms with Crippen LogP contribution in [0.3, 0.4) is 0 Å². The summed E-state index contributed by atoms with van der Waals surface area (Å²) in [4.78, 5) is 37.3. The van der Waals surface area contributed by atoms with Crippen LogP contribution in [0, 0.1) is 0 Å². The average Bonchev–Trinajstić information content (AvgIpc) is 2.80. The van der Waals surface area contributed by atoms with Crippen LogP contribution in [0.5, 0.6) is 5.75 Å². The molecule has 4 rings (SSSR count). The van der Waals surface area contributed by atoms with Gasteiger partial charge in [-0.25, -0.2) is 15.0 Å². The number of fused-ring (bicyclic) bond motifs is 1. The summed E-state index contributed by atoms with van der Waals surface area (Å²) in [7, 11) is 1.62. The maximum atomic E-state index is 12.6. The molecule has 0 saturated heterocycles. The molecule has 2 aromatic carbocycles. The van der Waals surface area contributed by atoms with E-state index in [4.69, 9.17) is 4.74 Å². The number of aromatic nitrogens is 4. The Balaban J connectivity index is 1.71. The van der Waals surface area contributed by atoms with Crippen LogP contribution in [0.4, 0.5) is 5.69 Å². The molecule has 2 heterocycles. The fourth-order valence-electron chi connectivity index (χ4n) is 3.09. The van der Waals surface area contributed by atoms with Gasteiger partial charge in [0.15, 0.2) is 5.65 Å². The zero-order chi connectivity index (χ0) is 21.8. The second-order valence-electron chi connectivity index (χ2n) is 6.69. The van der Waals surface area contributed by atoms with Gasteiger partial charge in [-0.15, -0.1) is 0 Å². The number of nitrogens with zero attached hydrogens (tertiary/aromatic N) is 4. The highest BCUT2D eigenvalue weighted by atomic mass is 16.5. The van der Waals surface area contributed by atoms with E-state index in [-0.39, 0.29) is 11.5 Å². The largest absolute Gasteiger partial charge is 0.497 e. The second-order valence-corrected chi connectivity index (χ2v) is 6.69. The van der Waals surface area contributed by atoms with Gasteiger partial charge in [-0.3, -0.25) is 14.2 Å². The Kier molecular flexibility index (Phi) is 5.53. The second kappa shape index (κ2) is 8.58. The standard InChI is InChI=1S/C23H19N5O3/c1-3-21(29)26-16-6-8-17(9-7-16)28-22(30)14-24-19-13-25-20(27-23(19)28)12-15-4-10-18(31-2)11-5-15/h3-11,13-14H,1,12H2,2H3,(H,26,29). The molecule has 0 atom stereocenters. The van der Waals surface area contributed by atoms with Crippen LogP contribution in [0.1, 0.15) is 11.4 Å². The van der Waals surface area contributed by atoms with Crippen LogP contribution in [0.2, 0.25) is 0 Å². The van der Waals surface area contributed by atoms with Gasteiger partial charge in [0.05, 0.1) is 25.2 Å². The van der Waals surface area contributed by atoms with Crippen LogP contribution in [-0.2, 0) is 11.2 Å². The number of carbonyl (C=O) groups excluding carboxylic acids is 1. The molecule has 0 spiro atoms. The minimum absolute atomic E-state index is 0.310. The Morgan fingerprint density at radius 1 is 1.10 bits per heavy atom. The van der Waals surface area contributed by atoms with Crippen LogP contribution < -0.4 is 15.6 Å². The number of carbonyl (C=O) groups is 1. The van der Waals surface area contributed by atoms with Gasteiger partial charge in [0, 0.05) is 12.1 Å². The van der Waals surface area contributed by atoms with Gasteiger partial charge in [0.1, 0.15) is 17.1 Å². The number of hydrogen-bond donors (Lipinski definition) is 1. The average molecular weight is 413 g/mol. The maximum absolute atomic E-state index is 12.6. The fraction of sp³-hybridized carbons (Fsp3) is 0.0870. The van der Waals surface area contributed by atoms with E-state index >= 15 is 0 Å². The van der Waals surface area contributed by atoms with E-state index in [1.54, 1.807) is 37.6 Å². The molecule has 0 unspecified atom stereocenters. The van der Waals surface area contributed by atoms with Gasteiger partial charge in [-0.05, 0) is 48.0 Å². The number of ether oxygens (including phenoxy) is 1. The fourth-order valence-corrected chi connectivity index (χ4v) is 3.09. The van der Waals surface area contributed by atoms with E-state index in [0.717, 1.165) is 11.3 Å². The first-order chi connectivity index (χ1) is 15.1. The third kappa shape index (κ3) is 4.32. The molecule has 1 amide bonds. The molecule has 1 N–H and O–H groups in total. The van der Waals surface area contributed by atoms with Crippen LogP contribution in [-0.4, -0.2) is 32.5 Å². The van der Waals surface area contributed by atoms with Crippen molar-refractivity contribution in [3.63, 3.8) is 0 Å². The Bertz CT molecular complexity index is 1310. The van der Waals surface area contributed by atoms with Crippen LogP contribution in [0.25, 0.3) is 16.9 Å². The molecular formula is C23H19N5O3. The Labute approximate surface area is 177 Å². The van der Waals surface area contributed by atoms with Crippen molar-refractivity contribution in [1.82, 2.24) is 19.5 Å². The van der Waals surface area contributed by atoms with Crippen molar-refractivity contribution in [3.05, 3.63) is 95.3 Å². The number of nitrogens with one attached hydrogen (secondary N) is 1. The quantitative estimate of drug-likeness (QED) is 0.488. The lowest BCUT2D eigenvalue weighted by atomic mass is 10.1. The summed E-state index contributed by atoms with van der Waals surface area (Å²) in [5, 5.41) is 2.68. The first-order valence-corrected chi connectivity index (χ1v) is 9.48. The first-order valence-electron chi connectivity index (χ1n) is 9.48. The third-order valence-electron chi connectivity index (χ3n) is 4.65. The molecule has 0 radical (unpaired) electrons. The van der Waals surface area contributed by atoms with Gasteiger partial charge >= 0.3 is 0 Å². The molecule has 0 aliphatic rings. The maximum Gasteiger partial charge on any atom is 0.275 e. The summed E-state index contributed by atoms with van der Waals surface area (Å²) in [5.41, 5.74) is 2.80. The van der Waals surface area contributed by atoms with Crippen molar-refractivity contribution in [2.24, 2.45) is 0 Å². The van der Waals surface area contributed by atoms with Gasteiger partial charge in [0.25, 0.3) is 5.56 Å². The van der Waals surface area contributed by atoms with Crippen LogP contribution >= 0.6 is 0 Å². The summed E-state index contributed by atoms with van der Waals surface area (Å²) in [5.74, 6) is 1.03. The van der Waals surface area contributed by atoms with Crippen molar-refractivity contribution in [2.45, 2.75) is 6.42 Å². The van der Waals surface area contributed by atoms with E-state index in [0.29, 0.717) is 34.8 Å². The lowest BCUT2D eigenvalue weighted by molar-refractivity contribution is -0.111. The Hall–Kier alpha value is -4.33. The van der Waals surface area contributed by atoms with Gasteiger partial charge < -0.3 is 10.1 Å². The zero-order valence-electron chi connectivity index (χ0n) is 16.8. The van der Waals surface area contributed by atoms with Gasteiger partial charge in [-0.1, -0.05) is 18.7 Å². The summed E-state index contributed by atoms with van der Waals surface area (Å²) in [6.45, 7) is 3.43. The van der Waals surface area contributed by atoms with Gasteiger partial charge in [-0.2, -0.15) is 0 Å². The Morgan fingerprint density at radius 2 is 1.84 bits per heavy atom. The van der Waals surface area contributed by atoms with E-state index in [9.17, 15) is 9.59 Å². The first kappa shape index (κ1) is 20.0. The van der Waals surface area contributed by atoms with Crippen molar-refractivity contribution >= 4 is 22.8 Å². The molecule has 0 fully saturated rings. The molecule has 8 nitrogen and oxygen atoms in total. The third-order valence-corrected chi connectivity index (χ3v) is 4.65. The van der Waals surface area contributed by atoms with E-state index in [1.807, 2.05) is 24.3 Å². The minimum Gasteiger partial charge on any atom is -0.497 e. The van der Waals surface area contributed by atoms with Gasteiger partial charge in [0.2, 0.25) is 5.91 Å². The van der Waals surface area contributed by atoms with Crippen molar-refractivity contribution in [1.29, 1.82) is 0 Å². The number of methoxy groups -OCH3 is 1. The lowest BCUT2D eigenvalue weighted by Crippen LogP contribution is -2.20. The molecule has 8 heteroatoms. The highest BCUT2D eigenvalue weighted by molar-refractivity contribution is 5.98.